The van der Waals surface area contributed by atoms with E-state index in [1.54, 1.807) is 11.0 Å². The van der Waals surface area contributed by atoms with Gasteiger partial charge in [-0.15, -0.1) is 0 Å². The zero-order valence-electron chi connectivity index (χ0n) is 21.0. The SMILES string of the molecule is CC(=O)NC[C@H]1CN(C2(CNCc3ccc(N(C)C)cc3)C=CC(c3ccccc3)=C(F)C2)C(=O)O1. The summed E-state index contributed by atoms with van der Waals surface area (Å²) in [4.78, 5) is 27.9. The van der Waals surface area contributed by atoms with Crippen molar-refractivity contribution in [1.82, 2.24) is 15.5 Å². The molecule has 1 aliphatic heterocycles. The van der Waals surface area contributed by atoms with Crippen molar-refractivity contribution in [3.8, 4) is 0 Å². The molecule has 2 aromatic rings. The Balaban J connectivity index is 1.53. The number of ether oxygens (including phenoxy) is 1. The number of benzene rings is 2. The van der Waals surface area contributed by atoms with Gasteiger partial charge in [0.2, 0.25) is 5.91 Å². The number of cyclic esters (lactones) is 1. The molecule has 1 saturated heterocycles. The maximum atomic E-state index is 15.6. The average Bonchev–Trinajstić information content (AvgIpc) is 3.25. The zero-order valence-corrected chi connectivity index (χ0v) is 21.0. The number of rotatable bonds is 9. The lowest BCUT2D eigenvalue weighted by Gasteiger charge is -2.40. The number of carbonyl (C=O) groups is 2. The Hall–Kier alpha value is -3.65. The minimum absolute atomic E-state index is 0.0300. The lowest BCUT2D eigenvalue weighted by Crippen LogP contribution is -2.55. The summed E-state index contributed by atoms with van der Waals surface area (Å²) in [6.45, 7) is 2.81. The topological polar surface area (TPSA) is 73.9 Å². The Kier molecular flexibility index (Phi) is 7.74. The van der Waals surface area contributed by atoms with Crippen LogP contribution in [0.4, 0.5) is 14.9 Å². The van der Waals surface area contributed by atoms with Crippen molar-refractivity contribution in [2.24, 2.45) is 0 Å². The van der Waals surface area contributed by atoms with E-state index in [4.69, 9.17) is 4.74 Å². The molecule has 1 aliphatic carbocycles. The van der Waals surface area contributed by atoms with E-state index >= 15 is 4.39 Å². The van der Waals surface area contributed by atoms with E-state index in [0.717, 1.165) is 16.8 Å². The van der Waals surface area contributed by atoms with Crippen LogP contribution in [-0.2, 0) is 16.1 Å². The fourth-order valence-corrected chi connectivity index (χ4v) is 4.61. The molecule has 2 aromatic carbocycles. The predicted octanol–water partition coefficient (Wildman–Crippen LogP) is 3.88. The first-order valence-corrected chi connectivity index (χ1v) is 12.1. The second-order valence-electron chi connectivity index (χ2n) is 9.52. The monoisotopic (exact) mass is 492 g/mol. The number of allylic oxidation sites excluding steroid dienone is 2. The van der Waals surface area contributed by atoms with E-state index in [1.807, 2.05) is 79.7 Å². The summed E-state index contributed by atoms with van der Waals surface area (Å²) in [5, 5.41) is 6.12. The normalized spacial score (nSPS) is 21.5. The first kappa shape index (κ1) is 25.4. The molecule has 1 fully saturated rings. The predicted molar refractivity (Wildman–Crippen MR) is 139 cm³/mol. The fourth-order valence-electron chi connectivity index (χ4n) is 4.61. The molecular formula is C28H33FN4O3. The van der Waals surface area contributed by atoms with Crippen molar-refractivity contribution >= 4 is 23.3 Å². The van der Waals surface area contributed by atoms with E-state index in [-0.39, 0.29) is 31.2 Å². The first-order valence-electron chi connectivity index (χ1n) is 12.1. The van der Waals surface area contributed by atoms with Gasteiger partial charge in [-0.2, -0.15) is 0 Å². The highest BCUT2D eigenvalue weighted by molar-refractivity contribution is 5.79. The van der Waals surface area contributed by atoms with Gasteiger partial charge in [-0.25, -0.2) is 9.18 Å². The molecule has 1 heterocycles. The van der Waals surface area contributed by atoms with Crippen molar-refractivity contribution in [3.63, 3.8) is 0 Å². The van der Waals surface area contributed by atoms with Crippen LogP contribution in [0.5, 0.6) is 0 Å². The Morgan fingerprint density at radius 3 is 2.53 bits per heavy atom. The Bertz CT molecular complexity index is 1150. The van der Waals surface area contributed by atoms with Crippen molar-refractivity contribution < 1.29 is 18.7 Å². The number of carbonyl (C=O) groups excluding carboxylic acids is 2. The van der Waals surface area contributed by atoms with Crippen LogP contribution in [0.3, 0.4) is 0 Å². The molecule has 7 nitrogen and oxygen atoms in total. The highest BCUT2D eigenvalue weighted by Crippen LogP contribution is 2.38. The van der Waals surface area contributed by atoms with E-state index in [1.165, 1.54) is 6.92 Å². The first-order chi connectivity index (χ1) is 17.3. The maximum absolute atomic E-state index is 15.6. The molecule has 0 bridgehead atoms. The molecule has 0 radical (unpaired) electrons. The Morgan fingerprint density at radius 2 is 1.89 bits per heavy atom. The number of amides is 2. The van der Waals surface area contributed by atoms with Crippen molar-refractivity contribution in [2.75, 3.05) is 38.6 Å². The Labute approximate surface area is 211 Å². The summed E-state index contributed by atoms with van der Waals surface area (Å²) in [7, 11) is 3.99. The molecule has 36 heavy (non-hydrogen) atoms. The number of anilines is 1. The van der Waals surface area contributed by atoms with Crippen LogP contribution in [0.25, 0.3) is 5.57 Å². The van der Waals surface area contributed by atoms with Gasteiger partial charge >= 0.3 is 6.09 Å². The number of halogens is 1. The Morgan fingerprint density at radius 1 is 1.17 bits per heavy atom. The lowest BCUT2D eigenvalue weighted by atomic mass is 9.84. The van der Waals surface area contributed by atoms with Crippen LogP contribution in [-0.4, -0.2) is 62.3 Å². The average molecular weight is 493 g/mol. The quantitative estimate of drug-likeness (QED) is 0.556. The number of hydrogen-bond acceptors (Lipinski definition) is 5. The third-order valence-corrected chi connectivity index (χ3v) is 6.60. The molecule has 2 N–H and O–H groups in total. The summed E-state index contributed by atoms with van der Waals surface area (Å²) in [5.41, 5.74) is 2.57. The summed E-state index contributed by atoms with van der Waals surface area (Å²) in [6, 6.07) is 17.6. The molecular weight excluding hydrogens is 459 g/mol. The summed E-state index contributed by atoms with van der Waals surface area (Å²) in [5.74, 6) is -0.473. The number of hydrogen-bond donors (Lipinski definition) is 2. The smallest absolute Gasteiger partial charge is 0.411 e. The van der Waals surface area contributed by atoms with Crippen LogP contribution in [0.1, 0.15) is 24.5 Å². The fraction of sp³-hybridized carbons (Fsp3) is 0.357. The van der Waals surface area contributed by atoms with Gasteiger partial charge in [0.25, 0.3) is 0 Å². The number of nitrogens with zero attached hydrogens (tertiary/aromatic N) is 2. The third kappa shape index (κ3) is 5.76. The molecule has 4 rings (SSSR count). The second-order valence-corrected chi connectivity index (χ2v) is 9.52. The van der Waals surface area contributed by atoms with Gasteiger partial charge in [-0.05, 0) is 23.3 Å². The van der Waals surface area contributed by atoms with Crippen molar-refractivity contribution in [2.45, 2.75) is 31.5 Å². The molecule has 1 unspecified atom stereocenters. The highest BCUT2D eigenvalue weighted by Gasteiger charge is 2.46. The largest absolute Gasteiger partial charge is 0.442 e. The molecule has 0 aromatic heterocycles. The van der Waals surface area contributed by atoms with E-state index in [0.29, 0.717) is 18.7 Å². The molecule has 190 valence electrons. The van der Waals surface area contributed by atoms with Gasteiger partial charge in [0.1, 0.15) is 11.9 Å². The molecule has 0 spiro atoms. The van der Waals surface area contributed by atoms with Crippen molar-refractivity contribution in [1.29, 1.82) is 0 Å². The molecule has 2 aliphatic rings. The second kappa shape index (κ2) is 11.0. The van der Waals surface area contributed by atoms with Gasteiger partial charge in [0, 0.05) is 51.8 Å². The minimum atomic E-state index is -0.937. The molecule has 0 saturated carbocycles. The van der Waals surface area contributed by atoms with E-state index in [9.17, 15) is 9.59 Å². The van der Waals surface area contributed by atoms with Gasteiger partial charge in [-0.1, -0.05) is 54.6 Å². The minimum Gasteiger partial charge on any atom is -0.442 e. The maximum Gasteiger partial charge on any atom is 0.411 e. The van der Waals surface area contributed by atoms with E-state index < -0.39 is 17.7 Å². The zero-order chi connectivity index (χ0) is 25.7. The molecule has 2 atom stereocenters. The van der Waals surface area contributed by atoms with Crippen molar-refractivity contribution in [3.05, 3.63) is 83.7 Å². The van der Waals surface area contributed by atoms with Gasteiger partial charge in [0.05, 0.1) is 18.6 Å². The molecule has 8 heteroatoms. The summed E-state index contributed by atoms with van der Waals surface area (Å²) < 4.78 is 21.1. The van der Waals surface area contributed by atoms with Gasteiger partial charge < -0.3 is 20.3 Å². The van der Waals surface area contributed by atoms with Crippen LogP contribution in [0, 0.1) is 0 Å². The van der Waals surface area contributed by atoms with Crippen LogP contribution < -0.4 is 15.5 Å². The highest BCUT2D eigenvalue weighted by atomic mass is 19.1. The van der Waals surface area contributed by atoms with Gasteiger partial charge in [-0.3, -0.25) is 9.69 Å². The summed E-state index contributed by atoms with van der Waals surface area (Å²) in [6.07, 6.45) is 2.69. The van der Waals surface area contributed by atoms with Crippen LogP contribution in [0.2, 0.25) is 0 Å². The summed E-state index contributed by atoms with van der Waals surface area (Å²) >= 11 is 0. The van der Waals surface area contributed by atoms with E-state index in [2.05, 4.69) is 10.6 Å². The van der Waals surface area contributed by atoms with Gasteiger partial charge in [0.15, 0.2) is 0 Å². The molecule has 2 amide bonds. The lowest BCUT2D eigenvalue weighted by molar-refractivity contribution is -0.119. The van der Waals surface area contributed by atoms with Crippen LogP contribution in [0.15, 0.2) is 72.6 Å². The van der Waals surface area contributed by atoms with Crippen LogP contribution >= 0.6 is 0 Å². The number of nitrogens with one attached hydrogen (secondary N) is 2. The standard InChI is InChI=1S/C28H33FN4O3/c1-20(34)31-17-24-18-33(27(35)36-24)28(19-30-16-21-9-11-23(12-10-21)32(2)3)14-13-25(26(29)15-28)22-7-5-4-6-8-22/h4-14,24,30H,15-19H2,1-3H3,(H,31,34)/t24-,28?/m0/s1. The third-order valence-electron chi connectivity index (χ3n) is 6.60.